The average molecular weight is 238 g/mol. The van der Waals surface area contributed by atoms with Crippen LogP contribution in [0, 0.1) is 11.8 Å². The van der Waals surface area contributed by atoms with Gasteiger partial charge in [-0.25, -0.2) is 0 Å². The van der Waals surface area contributed by atoms with Gasteiger partial charge in [0.1, 0.15) is 5.78 Å². The maximum absolute atomic E-state index is 11.8. The van der Waals surface area contributed by atoms with E-state index in [4.69, 9.17) is 0 Å². The van der Waals surface area contributed by atoms with Crippen LogP contribution >= 0.6 is 0 Å². The summed E-state index contributed by atoms with van der Waals surface area (Å²) in [6.45, 7) is 7.86. The van der Waals surface area contributed by atoms with Crippen molar-refractivity contribution in [1.82, 2.24) is 0 Å². The molecule has 2 unspecified atom stereocenters. The smallest absolute Gasteiger partial charge is 0.139 e. The van der Waals surface area contributed by atoms with Crippen LogP contribution in [0.3, 0.4) is 0 Å². The predicted molar refractivity (Wildman–Crippen MR) is 70.8 cm³/mol. The van der Waals surface area contributed by atoms with E-state index in [1.165, 1.54) is 5.57 Å². The van der Waals surface area contributed by atoms with Crippen molar-refractivity contribution in [3.8, 4) is 0 Å². The summed E-state index contributed by atoms with van der Waals surface area (Å²) in [5.41, 5.74) is 0.643. The fourth-order valence-electron chi connectivity index (χ4n) is 2.44. The number of carbonyl (C=O) groups is 1. The van der Waals surface area contributed by atoms with Gasteiger partial charge >= 0.3 is 0 Å². The first-order chi connectivity index (χ1) is 7.80. The molecule has 17 heavy (non-hydrogen) atoms. The molecule has 0 saturated heterocycles. The maximum Gasteiger partial charge on any atom is 0.139 e. The Hall–Kier alpha value is -0.630. The molecule has 1 aliphatic rings. The molecule has 98 valence electrons. The van der Waals surface area contributed by atoms with Gasteiger partial charge in [-0.05, 0) is 52.4 Å². The quantitative estimate of drug-likeness (QED) is 0.710. The van der Waals surface area contributed by atoms with Crippen LogP contribution in [0.1, 0.15) is 59.8 Å². The van der Waals surface area contributed by atoms with Crippen LogP contribution in [-0.4, -0.2) is 16.5 Å². The van der Waals surface area contributed by atoms with E-state index in [-0.39, 0.29) is 5.92 Å². The highest BCUT2D eigenvalue weighted by Crippen LogP contribution is 2.30. The number of carbonyl (C=O) groups excluding carboxylic acids is 1. The molecule has 2 heteroatoms. The molecule has 0 heterocycles. The largest absolute Gasteiger partial charge is 0.390 e. The van der Waals surface area contributed by atoms with Gasteiger partial charge < -0.3 is 5.11 Å². The molecule has 0 aromatic heterocycles. The van der Waals surface area contributed by atoms with Crippen molar-refractivity contribution >= 4 is 5.78 Å². The fourth-order valence-corrected chi connectivity index (χ4v) is 2.44. The third kappa shape index (κ3) is 4.63. The lowest BCUT2D eigenvalue weighted by molar-refractivity contribution is -0.122. The highest BCUT2D eigenvalue weighted by atomic mass is 16.3. The maximum atomic E-state index is 11.8. The summed E-state index contributed by atoms with van der Waals surface area (Å²) in [6, 6.07) is 0. The van der Waals surface area contributed by atoms with E-state index in [0.29, 0.717) is 18.1 Å². The zero-order valence-electron chi connectivity index (χ0n) is 11.6. The molecule has 0 saturated carbocycles. The average Bonchev–Trinajstić information content (AvgIpc) is 2.22. The van der Waals surface area contributed by atoms with Crippen molar-refractivity contribution in [2.75, 3.05) is 0 Å². The fraction of sp³-hybridized carbons (Fsp3) is 0.800. The van der Waals surface area contributed by atoms with Crippen LogP contribution in [0.5, 0.6) is 0 Å². The topological polar surface area (TPSA) is 37.3 Å². The Morgan fingerprint density at radius 3 is 2.53 bits per heavy atom. The van der Waals surface area contributed by atoms with Gasteiger partial charge in [0.05, 0.1) is 5.60 Å². The summed E-state index contributed by atoms with van der Waals surface area (Å²) in [4.78, 5) is 11.8. The zero-order valence-corrected chi connectivity index (χ0v) is 11.6. The van der Waals surface area contributed by atoms with E-state index in [9.17, 15) is 9.90 Å². The van der Waals surface area contributed by atoms with Crippen LogP contribution in [0.2, 0.25) is 0 Å². The van der Waals surface area contributed by atoms with Crippen LogP contribution in [-0.2, 0) is 4.79 Å². The van der Waals surface area contributed by atoms with E-state index in [1.54, 1.807) is 0 Å². The minimum Gasteiger partial charge on any atom is -0.390 e. The number of hydrogen-bond donors (Lipinski definition) is 1. The zero-order chi connectivity index (χ0) is 13.1. The van der Waals surface area contributed by atoms with Gasteiger partial charge in [-0.1, -0.05) is 18.6 Å². The molecule has 0 bridgehead atoms. The number of Topliss-reactive ketones (excluding diaryl/α,β-unsaturated/α-hetero) is 1. The van der Waals surface area contributed by atoms with Crippen molar-refractivity contribution in [3.05, 3.63) is 11.6 Å². The first-order valence-corrected chi connectivity index (χ1v) is 6.71. The van der Waals surface area contributed by atoms with Gasteiger partial charge in [0.2, 0.25) is 0 Å². The first-order valence-electron chi connectivity index (χ1n) is 6.71. The highest BCUT2D eigenvalue weighted by molar-refractivity contribution is 5.82. The molecule has 0 spiro atoms. The second-order valence-corrected chi connectivity index (χ2v) is 6.09. The standard InChI is InChI=1S/C15H26O2/c1-11-5-8-13(15(3,4)17)9-7-12(2)14(16)10-6-11/h6,12-13,17H,5,7-10H2,1-4H3/b11-6+. The van der Waals surface area contributed by atoms with E-state index in [0.717, 1.165) is 25.7 Å². The van der Waals surface area contributed by atoms with E-state index >= 15 is 0 Å². The lowest BCUT2D eigenvalue weighted by Gasteiger charge is -2.31. The molecule has 2 atom stereocenters. The van der Waals surface area contributed by atoms with Crippen molar-refractivity contribution < 1.29 is 9.90 Å². The Morgan fingerprint density at radius 2 is 1.94 bits per heavy atom. The molecule has 1 aliphatic carbocycles. The van der Waals surface area contributed by atoms with Crippen LogP contribution in [0.4, 0.5) is 0 Å². The van der Waals surface area contributed by atoms with E-state index in [2.05, 4.69) is 13.0 Å². The summed E-state index contributed by atoms with van der Waals surface area (Å²) >= 11 is 0. The van der Waals surface area contributed by atoms with Crippen LogP contribution in [0.25, 0.3) is 0 Å². The Labute approximate surface area is 105 Å². The Bertz CT molecular complexity index is 297. The molecule has 1 N–H and O–H groups in total. The summed E-state index contributed by atoms with van der Waals surface area (Å²) in [7, 11) is 0. The Kier molecular flexibility index (Phi) is 4.93. The molecular weight excluding hydrogens is 212 g/mol. The SMILES string of the molecule is C/C1=C\CC(=O)C(C)CCC(C(C)(C)O)CC1. The molecule has 0 amide bonds. The third-order valence-electron chi connectivity index (χ3n) is 4.04. The Morgan fingerprint density at radius 1 is 1.29 bits per heavy atom. The molecule has 2 nitrogen and oxygen atoms in total. The number of rotatable bonds is 1. The van der Waals surface area contributed by atoms with Gasteiger partial charge in [0.25, 0.3) is 0 Å². The van der Waals surface area contributed by atoms with Gasteiger partial charge in [-0.2, -0.15) is 0 Å². The van der Waals surface area contributed by atoms with Crippen molar-refractivity contribution in [2.24, 2.45) is 11.8 Å². The number of ketones is 1. The molecular formula is C15H26O2. The minimum absolute atomic E-state index is 0.127. The molecule has 0 aromatic rings. The number of allylic oxidation sites excluding steroid dienone is 2. The number of hydrogen-bond acceptors (Lipinski definition) is 2. The summed E-state index contributed by atoms with van der Waals surface area (Å²) in [6.07, 6.45) is 6.51. The first kappa shape index (κ1) is 14.4. The van der Waals surface area contributed by atoms with Gasteiger partial charge in [0.15, 0.2) is 0 Å². The third-order valence-corrected chi connectivity index (χ3v) is 4.04. The minimum atomic E-state index is -0.637. The van der Waals surface area contributed by atoms with E-state index in [1.807, 2.05) is 20.8 Å². The molecule has 0 fully saturated rings. The van der Waals surface area contributed by atoms with Gasteiger partial charge in [0, 0.05) is 12.3 Å². The van der Waals surface area contributed by atoms with Crippen molar-refractivity contribution in [2.45, 2.75) is 65.4 Å². The molecule has 0 radical (unpaired) electrons. The van der Waals surface area contributed by atoms with Crippen LogP contribution in [0.15, 0.2) is 11.6 Å². The summed E-state index contributed by atoms with van der Waals surface area (Å²) in [5, 5.41) is 10.2. The van der Waals surface area contributed by atoms with Gasteiger partial charge in [-0.3, -0.25) is 4.79 Å². The Balaban J connectivity index is 2.78. The van der Waals surface area contributed by atoms with Crippen molar-refractivity contribution in [1.29, 1.82) is 0 Å². The molecule has 0 aromatic carbocycles. The number of aliphatic hydroxyl groups is 1. The molecule has 1 rings (SSSR count). The lowest BCUT2D eigenvalue weighted by atomic mass is 9.79. The lowest BCUT2D eigenvalue weighted by Crippen LogP contribution is -2.31. The van der Waals surface area contributed by atoms with Crippen LogP contribution < -0.4 is 0 Å². The second kappa shape index (κ2) is 5.81. The van der Waals surface area contributed by atoms with Gasteiger partial charge in [-0.15, -0.1) is 0 Å². The summed E-state index contributed by atoms with van der Waals surface area (Å²) in [5.74, 6) is 0.752. The second-order valence-electron chi connectivity index (χ2n) is 6.09. The normalized spacial score (nSPS) is 31.8. The summed E-state index contributed by atoms with van der Waals surface area (Å²) < 4.78 is 0. The monoisotopic (exact) mass is 238 g/mol. The van der Waals surface area contributed by atoms with Crippen molar-refractivity contribution in [3.63, 3.8) is 0 Å². The highest BCUT2D eigenvalue weighted by Gasteiger charge is 2.27. The predicted octanol–water partition coefficient (Wildman–Crippen LogP) is 3.49. The van der Waals surface area contributed by atoms with E-state index < -0.39 is 5.60 Å². The molecule has 0 aliphatic heterocycles.